The summed E-state index contributed by atoms with van der Waals surface area (Å²) in [5.41, 5.74) is 2.42. The van der Waals surface area contributed by atoms with Crippen molar-refractivity contribution in [3.8, 4) is 0 Å². The summed E-state index contributed by atoms with van der Waals surface area (Å²) >= 11 is 0. The lowest BCUT2D eigenvalue weighted by Crippen LogP contribution is -2.48. The molecule has 0 bridgehead atoms. The Morgan fingerprint density at radius 1 is 0.889 bits per heavy atom. The number of carbonyl (C=O) groups is 2. The maximum atomic E-state index is 11.4. The topological polar surface area (TPSA) is 81.1 Å². The van der Waals surface area contributed by atoms with Crippen molar-refractivity contribution in [3.05, 3.63) is 35.4 Å². The van der Waals surface area contributed by atoms with Gasteiger partial charge in [0.25, 0.3) is 0 Å². The number of aryl methyl sites for hydroxylation is 1. The predicted octanol–water partition coefficient (Wildman–Crippen LogP) is 2.75. The Bertz CT molecular complexity index is 574. The van der Waals surface area contributed by atoms with E-state index in [2.05, 4.69) is 31.2 Å². The van der Waals surface area contributed by atoms with Crippen molar-refractivity contribution in [2.24, 2.45) is 0 Å². The number of hydrogen-bond donors (Lipinski definition) is 2. The molecule has 1 aromatic carbocycles. The van der Waals surface area contributed by atoms with Crippen LogP contribution in [0.15, 0.2) is 24.3 Å². The molecular formula is C21H34N2O4. The third-order valence-electron chi connectivity index (χ3n) is 4.64. The van der Waals surface area contributed by atoms with E-state index in [1.165, 1.54) is 5.56 Å². The summed E-state index contributed by atoms with van der Waals surface area (Å²) in [7, 11) is 0. The van der Waals surface area contributed by atoms with Gasteiger partial charge >= 0.3 is 11.9 Å². The standard InChI is InChI=1S/C21H34N2O4/c1-4-11-22(15-20(24)25)14-19(23(12-5-2)16-21(26)27)13-18-9-7-17(6-3)8-10-18/h7-10,19H,4-6,11-16H2,1-3H3,(H,24,25)(H,26,27). The zero-order chi connectivity index (χ0) is 20.2. The third kappa shape index (κ3) is 9.02. The normalized spacial score (nSPS) is 12.5. The van der Waals surface area contributed by atoms with Crippen molar-refractivity contribution in [1.29, 1.82) is 0 Å². The summed E-state index contributed by atoms with van der Waals surface area (Å²) in [6, 6.07) is 8.36. The van der Waals surface area contributed by atoms with Crippen LogP contribution in [0.4, 0.5) is 0 Å². The van der Waals surface area contributed by atoms with Crippen molar-refractivity contribution < 1.29 is 19.8 Å². The van der Waals surface area contributed by atoms with E-state index in [1.54, 1.807) is 0 Å². The number of carboxylic acids is 2. The van der Waals surface area contributed by atoms with E-state index in [-0.39, 0.29) is 19.1 Å². The molecule has 0 fully saturated rings. The molecule has 1 unspecified atom stereocenters. The summed E-state index contributed by atoms with van der Waals surface area (Å²) in [4.78, 5) is 26.5. The maximum absolute atomic E-state index is 11.4. The van der Waals surface area contributed by atoms with Crippen molar-refractivity contribution in [2.45, 2.75) is 52.5 Å². The van der Waals surface area contributed by atoms with Gasteiger partial charge in [-0.3, -0.25) is 19.4 Å². The predicted molar refractivity (Wildman–Crippen MR) is 107 cm³/mol. The van der Waals surface area contributed by atoms with Gasteiger partial charge in [0.05, 0.1) is 13.1 Å². The second kappa shape index (κ2) is 12.5. The molecule has 0 aromatic heterocycles. The Kier molecular flexibility index (Phi) is 10.7. The Morgan fingerprint density at radius 3 is 1.93 bits per heavy atom. The third-order valence-corrected chi connectivity index (χ3v) is 4.64. The molecular weight excluding hydrogens is 344 g/mol. The highest BCUT2D eigenvalue weighted by molar-refractivity contribution is 5.69. The molecule has 1 rings (SSSR count). The Hall–Kier alpha value is -1.92. The summed E-state index contributed by atoms with van der Waals surface area (Å²) in [5.74, 6) is -1.70. The Morgan fingerprint density at radius 2 is 1.44 bits per heavy atom. The van der Waals surface area contributed by atoms with Crippen LogP contribution in [0.3, 0.4) is 0 Å². The fourth-order valence-corrected chi connectivity index (χ4v) is 3.38. The van der Waals surface area contributed by atoms with Crippen LogP contribution in [-0.2, 0) is 22.4 Å². The highest BCUT2D eigenvalue weighted by Crippen LogP contribution is 2.14. The van der Waals surface area contributed by atoms with Crippen LogP contribution in [-0.4, -0.2) is 70.7 Å². The van der Waals surface area contributed by atoms with E-state index >= 15 is 0 Å². The monoisotopic (exact) mass is 378 g/mol. The summed E-state index contributed by atoms with van der Waals surface area (Å²) in [6.45, 7) is 8.02. The molecule has 0 aliphatic heterocycles. The van der Waals surface area contributed by atoms with Crippen molar-refractivity contribution in [1.82, 2.24) is 9.80 Å². The van der Waals surface area contributed by atoms with Crippen LogP contribution in [0.1, 0.15) is 44.7 Å². The number of aliphatic carboxylic acids is 2. The van der Waals surface area contributed by atoms with Gasteiger partial charge in [-0.05, 0) is 49.9 Å². The molecule has 0 aliphatic carbocycles. The van der Waals surface area contributed by atoms with Gasteiger partial charge < -0.3 is 10.2 Å². The lowest BCUT2D eigenvalue weighted by molar-refractivity contribution is -0.141. The Balaban J connectivity index is 3.02. The second-order valence-corrected chi connectivity index (χ2v) is 7.02. The minimum atomic E-state index is -0.852. The molecule has 0 spiro atoms. The molecule has 0 heterocycles. The van der Waals surface area contributed by atoms with E-state index in [0.717, 1.165) is 24.8 Å². The average molecular weight is 379 g/mol. The number of nitrogens with zero attached hydrogens (tertiary/aromatic N) is 2. The van der Waals surface area contributed by atoms with Crippen LogP contribution < -0.4 is 0 Å². The summed E-state index contributed by atoms with van der Waals surface area (Å²) < 4.78 is 0. The molecule has 1 atom stereocenters. The second-order valence-electron chi connectivity index (χ2n) is 7.02. The van der Waals surface area contributed by atoms with E-state index in [0.29, 0.717) is 26.1 Å². The fourth-order valence-electron chi connectivity index (χ4n) is 3.38. The zero-order valence-corrected chi connectivity index (χ0v) is 16.9. The lowest BCUT2D eigenvalue weighted by atomic mass is 10.0. The SMILES string of the molecule is CCCN(CC(=O)O)CC(Cc1ccc(CC)cc1)N(CCC)CC(=O)O. The van der Waals surface area contributed by atoms with Gasteiger partial charge in [0, 0.05) is 12.6 Å². The van der Waals surface area contributed by atoms with Crippen molar-refractivity contribution >= 4 is 11.9 Å². The van der Waals surface area contributed by atoms with Gasteiger partial charge in [-0.15, -0.1) is 0 Å². The molecule has 6 nitrogen and oxygen atoms in total. The number of carboxylic acid groups (broad SMARTS) is 2. The van der Waals surface area contributed by atoms with Crippen molar-refractivity contribution in [3.63, 3.8) is 0 Å². The van der Waals surface area contributed by atoms with Crippen LogP contribution in [0.5, 0.6) is 0 Å². The summed E-state index contributed by atoms with van der Waals surface area (Å²) in [5, 5.41) is 18.5. The first-order valence-electron chi connectivity index (χ1n) is 9.87. The first-order chi connectivity index (χ1) is 12.9. The average Bonchev–Trinajstić information content (AvgIpc) is 2.60. The van der Waals surface area contributed by atoms with Gasteiger partial charge in [-0.1, -0.05) is 45.0 Å². The summed E-state index contributed by atoms with van der Waals surface area (Å²) in [6.07, 6.45) is 3.40. The first kappa shape index (κ1) is 23.1. The lowest BCUT2D eigenvalue weighted by Gasteiger charge is -2.34. The maximum Gasteiger partial charge on any atom is 0.317 e. The van der Waals surface area contributed by atoms with Gasteiger partial charge in [0.15, 0.2) is 0 Å². The largest absolute Gasteiger partial charge is 0.480 e. The number of hydrogen-bond acceptors (Lipinski definition) is 4. The van der Waals surface area contributed by atoms with Gasteiger partial charge in [0.1, 0.15) is 0 Å². The molecule has 6 heteroatoms. The number of benzene rings is 1. The molecule has 27 heavy (non-hydrogen) atoms. The van der Waals surface area contributed by atoms with Crippen LogP contribution >= 0.6 is 0 Å². The highest BCUT2D eigenvalue weighted by Gasteiger charge is 2.24. The zero-order valence-electron chi connectivity index (χ0n) is 16.9. The van der Waals surface area contributed by atoms with Crippen LogP contribution in [0, 0.1) is 0 Å². The Labute approximate surface area is 162 Å². The van der Waals surface area contributed by atoms with E-state index in [1.807, 2.05) is 23.6 Å². The van der Waals surface area contributed by atoms with Crippen molar-refractivity contribution in [2.75, 3.05) is 32.7 Å². The van der Waals surface area contributed by atoms with Crippen LogP contribution in [0.25, 0.3) is 0 Å². The van der Waals surface area contributed by atoms with E-state index in [9.17, 15) is 19.8 Å². The molecule has 0 aliphatic rings. The molecule has 0 radical (unpaired) electrons. The van der Waals surface area contributed by atoms with E-state index in [4.69, 9.17) is 0 Å². The quantitative estimate of drug-likeness (QED) is 0.518. The first-order valence-corrected chi connectivity index (χ1v) is 9.87. The van der Waals surface area contributed by atoms with Gasteiger partial charge in [-0.2, -0.15) is 0 Å². The molecule has 0 saturated heterocycles. The van der Waals surface area contributed by atoms with E-state index < -0.39 is 11.9 Å². The minimum Gasteiger partial charge on any atom is -0.480 e. The molecule has 2 N–H and O–H groups in total. The number of rotatable bonds is 14. The molecule has 0 saturated carbocycles. The van der Waals surface area contributed by atoms with Crippen LogP contribution in [0.2, 0.25) is 0 Å². The fraction of sp³-hybridized carbons (Fsp3) is 0.619. The molecule has 0 amide bonds. The smallest absolute Gasteiger partial charge is 0.317 e. The van der Waals surface area contributed by atoms with Gasteiger partial charge in [-0.25, -0.2) is 0 Å². The minimum absolute atomic E-state index is 0.0217. The highest BCUT2D eigenvalue weighted by atomic mass is 16.4. The van der Waals surface area contributed by atoms with Gasteiger partial charge in [0.2, 0.25) is 0 Å². The molecule has 152 valence electrons. The molecule has 1 aromatic rings.